The highest BCUT2D eigenvalue weighted by molar-refractivity contribution is 5.26. The summed E-state index contributed by atoms with van der Waals surface area (Å²) in [6, 6.07) is 0. The second-order valence-corrected chi connectivity index (χ2v) is 1.55. The van der Waals surface area contributed by atoms with Crippen LogP contribution in [0.1, 0.15) is 6.92 Å². The molecule has 7 heavy (non-hydrogen) atoms. The zero-order valence-corrected chi connectivity index (χ0v) is 4.31. The summed E-state index contributed by atoms with van der Waals surface area (Å²) in [4.78, 5) is 0. The zero-order chi connectivity index (χ0) is 5.11. The fraction of sp³-hybridized carbons (Fsp3) is 0.143. The Labute approximate surface area is 43.9 Å². The van der Waals surface area contributed by atoms with E-state index < -0.39 is 0 Å². The molecule has 0 heteroatoms. The monoisotopic (exact) mass is 91.1 g/mol. The molecule has 0 aromatic carbocycles. The molecule has 0 saturated carbocycles. The van der Waals surface area contributed by atoms with Crippen molar-refractivity contribution in [1.82, 2.24) is 0 Å². The summed E-state index contributed by atoms with van der Waals surface area (Å²) in [5.41, 5.74) is 1.20. The first kappa shape index (κ1) is 4.29. The molecule has 1 aliphatic rings. The van der Waals surface area contributed by atoms with Crippen molar-refractivity contribution in [3.63, 3.8) is 0 Å². The van der Waals surface area contributed by atoms with Gasteiger partial charge in [-0.3, -0.25) is 0 Å². The number of hydrogen-bond donors (Lipinski definition) is 0. The predicted octanol–water partition coefficient (Wildman–Crippen LogP) is 1.86. The molecule has 0 atom stereocenters. The largest absolute Gasteiger partial charge is 0.112 e. The molecule has 0 N–H and O–H groups in total. The van der Waals surface area contributed by atoms with Gasteiger partial charge in [-0.05, 0) is 6.92 Å². The Morgan fingerprint density at radius 2 is 2.29 bits per heavy atom. The summed E-state index contributed by atoms with van der Waals surface area (Å²) < 4.78 is 0. The highest BCUT2D eigenvalue weighted by atomic mass is 13.8. The van der Waals surface area contributed by atoms with Gasteiger partial charge in [0.15, 0.2) is 0 Å². The first-order valence-corrected chi connectivity index (χ1v) is 2.33. The van der Waals surface area contributed by atoms with E-state index in [1.54, 1.807) is 0 Å². The molecular weight excluding hydrogens is 84.1 g/mol. The molecule has 1 rings (SSSR count). The van der Waals surface area contributed by atoms with E-state index >= 15 is 0 Å². The molecule has 0 aliphatic heterocycles. The van der Waals surface area contributed by atoms with E-state index in [0.717, 1.165) is 0 Å². The summed E-state index contributed by atoms with van der Waals surface area (Å²) in [5, 5.41) is 0. The van der Waals surface area contributed by atoms with Crippen molar-refractivity contribution in [2.45, 2.75) is 6.92 Å². The van der Waals surface area contributed by atoms with Gasteiger partial charge in [-0.2, -0.15) is 0 Å². The summed E-state index contributed by atoms with van der Waals surface area (Å²) in [5.74, 6) is 0. The van der Waals surface area contributed by atoms with Crippen LogP contribution in [0, 0.1) is 6.08 Å². The smallest absolute Gasteiger partial charge is 0.00564 e. The van der Waals surface area contributed by atoms with Crippen LogP contribution >= 0.6 is 0 Å². The van der Waals surface area contributed by atoms with E-state index in [2.05, 4.69) is 6.08 Å². The van der Waals surface area contributed by atoms with E-state index in [-0.39, 0.29) is 0 Å². The molecule has 0 bridgehead atoms. The number of allylic oxidation sites excluding steroid dienone is 6. The molecule has 0 saturated heterocycles. The van der Waals surface area contributed by atoms with Crippen molar-refractivity contribution >= 4 is 0 Å². The lowest BCUT2D eigenvalue weighted by molar-refractivity contribution is 1.46. The molecule has 0 amide bonds. The SMILES string of the molecule is CC1=CC=CC=[C+]1. The lowest BCUT2D eigenvalue weighted by atomic mass is 10.2. The van der Waals surface area contributed by atoms with Crippen LogP contribution in [0.3, 0.4) is 0 Å². The fourth-order valence-corrected chi connectivity index (χ4v) is 0.483. The van der Waals surface area contributed by atoms with Gasteiger partial charge in [-0.25, -0.2) is 0 Å². The van der Waals surface area contributed by atoms with Crippen molar-refractivity contribution in [3.05, 3.63) is 36.0 Å². The van der Waals surface area contributed by atoms with Crippen LogP contribution in [0.15, 0.2) is 29.9 Å². The van der Waals surface area contributed by atoms with E-state index in [4.69, 9.17) is 0 Å². The molecule has 34 valence electrons. The van der Waals surface area contributed by atoms with Crippen molar-refractivity contribution in [1.29, 1.82) is 0 Å². The van der Waals surface area contributed by atoms with Crippen molar-refractivity contribution in [3.8, 4) is 0 Å². The standard InChI is InChI=1S/C7H7/c1-7-5-3-2-4-6-7/h2-5H,1H3/q+1. The summed E-state index contributed by atoms with van der Waals surface area (Å²) >= 11 is 0. The maximum absolute atomic E-state index is 3.03. The minimum atomic E-state index is 1.20. The Morgan fingerprint density at radius 3 is 2.57 bits per heavy atom. The topological polar surface area (TPSA) is 0 Å². The second kappa shape index (κ2) is 1.72. The zero-order valence-electron chi connectivity index (χ0n) is 4.31. The van der Waals surface area contributed by atoms with Gasteiger partial charge in [-0.1, -0.05) is 0 Å². The quantitative estimate of drug-likeness (QED) is 0.399. The fourth-order valence-electron chi connectivity index (χ4n) is 0.483. The van der Waals surface area contributed by atoms with Crippen LogP contribution < -0.4 is 0 Å². The lowest BCUT2D eigenvalue weighted by Gasteiger charge is -1.77. The van der Waals surface area contributed by atoms with Gasteiger partial charge in [0.05, 0.1) is 6.08 Å². The van der Waals surface area contributed by atoms with E-state index in [9.17, 15) is 0 Å². The van der Waals surface area contributed by atoms with Crippen LogP contribution in [0.25, 0.3) is 0 Å². The minimum Gasteiger partial charge on any atom is -0.00564 e. The molecule has 0 nitrogen and oxygen atoms in total. The van der Waals surface area contributed by atoms with Crippen LogP contribution in [0.5, 0.6) is 0 Å². The average molecular weight is 91.1 g/mol. The van der Waals surface area contributed by atoms with Gasteiger partial charge < -0.3 is 0 Å². The summed E-state index contributed by atoms with van der Waals surface area (Å²) in [6.07, 6.45) is 10.9. The molecule has 0 aromatic heterocycles. The third-order valence-corrected chi connectivity index (χ3v) is 0.865. The summed E-state index contributed by atoms with van der Waals surface area (Å²) in [6.45, 7) is 2.03. The van der Waals surface area contributed by atoms with Gasteiger partial charge in [0.1, 0.15) is 11.6 Å². The Balaban J connectivity index is 2.82. The highest BCUT2D eigenvalue weighted by Gasteiger charge is 1.91. The molecule has 0 unspecified atom stereocenters. The Kier molecular flexibility index (Phi) is 1.06. The predicted molar refractivity (Wildman–Crippen MR) is 30.7 cm³/mol. The van der Waals surface area contributed by atoms with Gasteiger partial charge in [0.2, 0.25) is 0 Å². The number of rotatable bonds is 0. The van der Waals surface area contributed by atoms with Gasteiger partial charge in [0, 0.05) is 18.2 Å². The third-order valence-electron chi connectivity index (χ3n) is 0.865. The molecule has 1 aliphatic carbocycles. The lowest BCUT2D eigenvalue weighted by Crippen LogP contribution is -1.69. The Bertz CT molecular complexity index is 136. The van der Waals surface area contributed by atoms with E-state index in [1.165, 1.54) is 5.57 Å². The first-order chi connectivity index (χ1) is 3.39. The average Bonchev–Trinajstić information content (AvgIpc) is 1.69. The normalized spacial score (nSPS) is 15.9. The van der Waals surface area contributed by atoms with E-state index in [0.29, 0.717) is 0 Å². The van der Waals surface area contributed by atoms with Gasteiger partial charge in [-0.15, -0.1) is 0 Å². The van der Waals surface area contributed by atoms with Crippen LogP contribution in [0.2, 0.25) is 0 Å². The van der Waals surface area contributed by atoms with E-state index in [1.807, 2.05) is 31.2 Å². The van der Waals surface area contributed by atoms with Crippen LogP contribution in [-0.4, -0.2) is 0 Å². The Hall–Kier alpha value is -0.870. The second-order valence-electron chi connectivity index (χ2n) is 1.55. The highest BCUT2D eigenvalue weighted by Crippen LogP contribution is 1.98. The number of hydrogen-bond acceptors (Lipinski definition) is 0. The van der Waals surface area contributed by atoms with Crippen molar-refractivity contribution < 1.29 is 0 Å². The van der Waals surface area contributed by atoms with Crippen LogP contribution in [-0.2, 0) is 0 Å². The molecule has 0 radical (unpaired) electrons. The minimum absolute atomic E-state index is 1.20. The molecule has 0 aromatic rings. The van der Waals surface area contributed by atoms with Crippen LogP contribution in [0.4, 0.5) is 0 Å². The summed E-state index contributed by atoms with van der Waals surface area (Å²) in [7, 11) is 0. The third kappa shape index (κ3) is 0.989. The van der Waals surface area contributed by atoms with Crippen molar-refractivity contribution in [2.24, 2.45) is 0 Å². The maximum Gasteiger partial charge on any atom is 0.112 e. The maximum atomic E-state index is 3.03. The van der Waals surface area contributed by atoms with Gasteiger partial charge in [0.25, 0.3) is 0 Å². The molecule has 0 fully saturated rings. The molecular formula is C7H7+. The van der Waals surface area contributed by atoms with Crippen molar-refractivity contribution in [2.75, 3.05) is 0 Å². The molecule has 0 spiro atoms. The Morgan fingerprint density at radius 1 is 1.43 bits per heavy atom. The molecule has 0 heterocycles. The van der Waals surface area contributed by atoms with Gasteiger partial charge >= 0.3 is 0 Å². The first-order valence-electron chi connectivity index (χ1n) is 2.33.